The number of carbonyl (C=O) groups is 1. The molecule has 78 valence electrons. The number of aliphatic carboxylic acids is 1. The molecule has 0 unspecified atom stereocenters. The summed E-state index contributed by atoms with van der Waals surface area (Å²) in [5, 5.41) is 15.1. The van der Waals surface area contributed by atoms with E-state index < -0.39 is 5.97 Å². The minimum Gasteiger partial charge on any atom is -0.481 e. The number of carboxylic acids is 1. The van der Waals surface area contributed by atoms with Gasteiger partial charge in [0.15, 0.2) is 0 Å². The summed E-state index contributed by atoms with van der Waals surface area (Å²) in [6, 6.07) is 0. The zero-order valence-corrected chi connectivity index (χ0v) is 9.22. The van der Waals surface area contributed by atoms with Crippen LogP contribution in [0.2, 0.25) is 0 Å². The number of hydrogen-bond acceptors (Lipinski definition) is 2. The van der Waals surface area contributed by atoms with Crippen LogP contribution >= 0.6 is 0 Å². The third kappa shape index (κ3) is 24.8. The molecule has 0 aliphatic heterocycles. The second-order valence-corrected chi connectivity index (χ2v) is 1.60. The Hall–Kier alpha value is -1.12. The van der Waals surface area contributed by atoms with Crippen molar-refractivity contribution in [2.24, 2.45) is 0 Å². The van der Waals surface area contributed by atoms with Gasteiger partial charge < -0.3 is 10.5 Å². The fourth-order valence-electron chi connectivity index (χ4n) is 0.423. The van der Waals surface area contributed by atoms with Crippen molar-refractivity contribution in [2.75, 3.05) is 0 Å². The van der Waals surface area contributed by atoms with Gasteiger partial charge in [-0.15, -0.1) is 0 Å². The maximum atomic E-state index is 9.91. The lowest BCUT2D eigenvalue weighted by Gasteiger charge is -1.88. The third-order valence-corrected chi connectivity index (χ3v) is 0.710. The van der Waals surface area contributed by atoms with E-state index in [4.69, 9.17) is 10.5 Å². The number of allylic oxidation sites excluding steroid dienone is 2. The summed E-state index contributed by atoms with van der Waals surface area (Å²) in [4.78, 5) is 9.91. The topological polar surface area (TPSA) is 61.2 Å². The summed E-state index contributed by atoms with van der Waals surface area (Å²) >= 11 is 0. The molecule has 0 radical (unpaired) electrons. The van der Waals surface area contributed by atoms with Gasteiger partial charge in [-0.05, 0) is 13.0 Å². The standard InChI is InChI=1S/C6H9NO2.2C2H6/c1-2-3-5(7)4-6(8)9;2*1-2/h2-3,7H,4H2,1H3,(H,8,9);2*1-2H3/b3-2-,7-5?;;. The van der Waals surface area contributed by atoms with E-state index in [0.29, 0.717) is 0 Å². The molecule has 0 saturated heterocycles. The largest absolute Gasteiger partial charge is 0.481 e. The fourth-order valence-corrected chi connectivity index (χ4v) is 0.423. The molecule has 0 bridgehead atoms. The lowest BCUT2D eigenvalue weighted by Crippen LogP contribution is -2.01. The van der Waals surface area contributed by atoms with E-state index >= 15 is 0 Å². The van der Waals surface area contributed by atoms with Gasteiger partial charge in [-0.2, -0.15) is 0 Å². The van der Waals surface area contributed by atoms with E-state index in [0.717, 1.165) is 0 Å². The highest BCUT2D eigenvalue weighted by atomic mass is 16.4. The first-order valence-electron chi connectivity index (χ1n) is 4.58. The Morgan fingerprint density at radius 1 is 1.31 bits per heavy atom. The second kappa shape index (κ2) is 17.1. The van der Waals surface area contributed by atoms with Gasteiger partial charge in [0.25, 0.3) is 0 Å². The van der Waals surface area contributed by atoms with Crippen LogP contribution in [0.1, 0.15) is 41.0 Å². The first-order chi connectivity index (χ1) is 6.16. The van der Waals surface area contributed by atoms with Crippen LogP contribution in [0, 0.1) is 5.41 Å². The zero-order valence-electron chi connectivity index (χ0n) is 9.22. The Labute approximate surface area is 81.0 Å². The van der Waals surface area contributed by atoms with Crippen molar-refractivity contribution >= 4 is 11.7 Å². The number of hydrogen-bond donors (Lipinski definition) is 2. The molecule has 2 N–H and O–H groups in total. The molecule has 0 aromatic rings. The van der Waals surface area contributed by atoms with E-state index in [1.54, 1.807) is 13.0 Å². The molecule has 0 atom stereocenters. The Balaban J connectivity index is -0.000000218. The highest BCUT2D eigenvalue weighted by Crippen LogP contribution is 1.84. The van der Waals surface area contributed by atoms with Crippen LogP contribution < -0.4 is 0 Å². The van der Waals surface area contributed by atoms with Crippen molar-refractivity contribution in [1.29, 1.82) is 5.41 Å². The van der Waals surface area contributed by atoms with Crippen LogP contribution in [-0.2, 0) is 4.79 Å². The molecule has 0 aliphatic carbocycles. The summed E-state index contributed by atoms with van der Waals surface area (Å²) in [6.45, 7) is 9.75. The average Bonchev–Trinajstić information content (AvgIpc) is 2.10. The molecule has 3 nitrogen and oxygen atoms in total. The summed E-state index contributed by atoms with van der Waals surface area (Å²) < 4.78 is 0. The van der Waals surface area contributed by atoms with E-state index in [1.807, 2.05) is 27.7 Å². The van der Waals surface area contributed by atoms with Crippen LogP contribution in [0.5, 0.6) is 0 Å². The molecule has 3 heteroatoms. The average molecular weight is 187 g/mol. The Bertz CT molecular complexity index is 151. The van der Waals surface area contributed by atoms with E-state index in [1.165, 1.54) is 6.08 Å². The smallest absolute Gasteiger partial charge is 0.309 e. The molecule has 0 spiro atoms. The normalized spacial score (nSPS) is 7.77. The number of rotatable bonds is 3. The van der Waals surface area contributed by atoms with Crippen LogP contribution in [-0.4, -0.2) is 16.8 Å². The van der Waals surface area contributed by atoms with Crippen molar-refractivity contribution < 1.29 is 9.90 Å². The van der Waals surface area contributed by atoms with E-state index in [9.17, 15) is 4.79 Å². The van der Waals surface area contributed by atoms with E-state index in [2.05, 4.69) is 0 Å². The fraction of sp³-hybridized carbons (Fsp3) is 0.600. The van der Waals surface area contributed by atoms with Gasteiger partial charge in [-0.25, -0.2) is 0 Å². The maximum Gasteiger partial charge on any atom is 0.309 e. The second-order valence-electron chi connectivity index (χ2n) is 1.60. The highest BCUT2D eigenvalue weighted by molar-refractivity contribution is 6.03. The molecular weight excluding hydrogens is 166 g/mol. The van der Waals surface area contributed by atoms with Gasteiger partial charge in [-0.3, -0.25) is 4.79 Å². The molecule has 0 heterocycles. The Morgan fingerprint density at radius 2 is 1.69 bits per heavy atom. The van der Waals surface area contributed by atoms with Gasteiger partial charge in [-0.1, -0.05) is 33.8 Å². The molecule has 0 amide bonds. The van der Waals surface area contributed by atoms with Crippen LogP contribution in [0.15, 0.2) is 12.2 Å². The summed E-state index contributed by atoms with van der Waals surface area (Å²) in [6.07, 6.45) is 2.92. The van der Waals surface area contributed by atoms with E-state index in [-0.39, 0.29) is 12.1 Å². The van der Waals surface area contributed by atoms with Gasteiger partial charge in [0, 0.05) is 5.71 Å². The molecule has 0 fully saturated rings. The minimum absolute atomic E-state index is 0.130. The van der Waals surface area contributed by atoms with Gasteiger partial charge in [0.05, 0.1) is 6.42 Å². The van der Waals surface area contributed by atoms with Crippen LogP contribution in [0.4, 0.5) is 0 Å². The lowest BCUT2D eigenvalue weighted by atomic mass is 10.2. The van der Waals surface area contributed by atoms with Crippen molar-refractivity contribution in [1.82, 2.24) is 0 Å². The molecule has 0 saturated carbocycles. The molecule has 0 aromatic heterocycles. The summed E-state index contributed by atoms with van der Waals surface area (Å²) in [5.74, 6) is -0.960. The maximum absolute atomic E-state index is 9.91. The van der Waals surface area contributed by atoms with Crippen molar-refractivity contribution in [3.8, 4) is 0 Å². The van der Waals surface area contributed by atoms with Crippen LogP contribution in [0.25, 0.3) is 0 Å². The van der Waals surface area contributed by atoms with Crippen molar-refractivity contribution in [2.45, 2.75) is 41.0 Å². The molecule has 0 aromatic carbocycles. The quantitative estimate of drug-likeness (QED) is 0.667. The SMILES string of the molecule is C/C=C\C(=N)CC(=O)O.CC.CC. The molecular formula is C10H21NO2. The van der Waals surface area contributed by atoms with Gasteiger partial charge in [0.1, 0.15) is 0 Å². The van der Waals surface area contributed by atoms with Gasteiger partial charge >= 0.3 is 5.97 Å². The summed E-state index contributed by atoms with van der Waals surface area (Å²) in [7, 11) is 0. The number of carboxylic acid groups (broad SMARTS) is 1. The third-order valence-electron chi connectivity index (χ3n) is 0.710. The summed E-state index contributed by atoms with van der Waals surface area (Å²) in [5.41, 5.74) is 0.130. The minimum atomic E-state index is -0.960. The highest BCUT2D eigenvalue weighted by Gasteiger charge is 1.97. The first kappa shape index (κ1) is 17.8. The molecule has 13 heavy (non-hydrogen) atoms. The van der Waals surface area contributed by atoms with Gasteiger partial charge in [0.2, 0.25) is 0 Å². The molecule has 0 rings (SSSR count). The first-order valence-corrected chi connectivity index (χ1v) is 4.58. The molecule has 0 aliphatic rings. The lowest BCUT2D eigenvalue weighted by molar-refractivity contribution is -0.135. The monoisotopic (exact) mass is 187 g/mol. The predicted molar refractivity (Wildman–Crippen MR) is 57.5 cm³/mol. The van der Waals surface area contributed by atoms with Crippen LogP contribution in [0.3, 0.4) is 0 Å². The number of nitrogens with one attached hydrogen (secondary N) is 1. The Morgan fingerprint density at radius 3 is 1.92 bits per heavy atom. The predicted octanol–water partition coefficient (Wildman–Crippen LogP) is 3.11. The zero-order chi connectivity index (χ0) is 11.3. The van der Waals surface area contributed by atoms with Crippen molar-refractivity contribution in [3.05, 3.63) is 12.2 Å². The Kier molecular flexibility index (Phi) is 23.5. The van der Waals surface area contributed by atoms with Crippen molar-refractivity contribution in [3.63, 3.8) is 0 Å².